The second-order valence-electron chi connectivity index (χ2n) is 3.85. The summed E-state index contributed by atoms with van der Waals surface area (Å²) in [4.78, 5) is 9.49. The first kappa shape index (κ1) is 14.7. The fourth-order valence-corrected chi connectivity index (χ4v) is 0.530. The average Bonchev–Trinajstić information content (AvgIpc) is 1.85. The Labute approximate surface area is 80.8 Å². The van der Waals surface area contributed by atoms with E-state index >= 15 is 0 Å². The number of carboxylic acids is 1. The molecular formula is C10H20NO2-. The van der Waals surface area contributed by atoms with E-state index in [0.717, 1.165) is 6.54 Å². The van der Waals surface area contributed by atoms with Gasteiger partial charge in [-0.3, -0.25) is 0 Å². The van der Waals surface area contributed by atoms with Gasteiger partial charge >= 0.3 is 0 Å². The fourth-order valence-electron chi connectivity index (χ4n) is 0.530. The molecule has 0 amide bonds. The monoisotopic (exact) mass is 186 g/mol. The van der Waals surface area contributed by atoms with Gasteiger partial charge in [-0.15, -0.1) is 0 Å². The summed E-state index contributed by atoms with van der Waals surface area (Å²) in [5.74, 6) is -1.19. The summed E-state index contributed by atoms with van der Waals surface area (Å²) >= 11 is 0. The number of hydrogen-bond donors (Lipinski definition) is 1. The van der Waals surface area contributed by atoms with Gasteiger partial charge in [-0.2, -0.15) is 0 Å². The van der Waals surface area contributed by atoms with Crippen molar-refractivity contribution in [1.29, 1.82) is 0 Å². The Morgan fingerprint density at radius 3 is 1.77 bits per heavy atom. The summed E-state index contributed by atoms with van der Waals surface area (Å²) in [6, 6.07) is 0. The summed E-state index contributed by atoms with van der Waals surface area (Å²) in [6.45, 7) is 14.1. The van der Waals surface area contributed by atoms with Crippen molar-refractivity contribution in [3.8, 4) is 0 Å². The number of hydrogen-bond acceptors (Lipinski definition) is 3. The number of aliphatic carboxylic acids is 1. The van der Waals surface area contributed by atoms with Crippen molar-refractivity contribution in [1.82, 2.24) is 5.32 Å². The number of carboxylic acid groups (broad SMARTS) is 1. The Kier molecular flexibility index (Phi) is 7.52. The van der Waals surface area contributed by atoms with Gasteiger partial charge in [0.05, 0.1) is 5.97 Å². The molecule has 3 heteroatoms. The van der Waals surface area contributed by atoms with Crippen LogP contribution in [0.25, 0.3) is 0 Å². The lowest BCUT2D eigenvalue weighted by Crippen LogP contribution is -2.35. The van der Waals surface area contributed by atoms with Gasteiger partial charge in [-0.05, 0) is 39.8 Å². The zero-order valence-electron chi connectivity index (χ0n) is 9.23. The largest absolute Gasteiger partial charge is 0.545 e. The highest BCUT2D eigenvalue weighted by Crippen LogP contribution is 1.95. The second kappa shape index (κ2) is 6.66. The van der Waals surface area contributed by atoms with E-state index in [1.807, 2.05) is 0 Å². The van der Waals surface area contributed by atoms with Crippen LogP contribution in [-0.4, -0.2) is 18.1 Å². The van der Waals surface area contributed by atoms with Gasteiger partial charge in [-0.25, -0.2) is 0 Å². The third-order valence-electron chi connectivity index (χ3n) is 1.06. The van der Waals surface area contributed by atoms with Crippen LogP contribution in [0.15, 0.2) is 12.2 Å². The molecule has 3 nitrogen and oxygen atoms in total. The Bertz CT molecular complexity index is 156. The fraction of sp³-hybridized carbons (Fsp3) is 0.700. The molecule has 0 atom stereocenters. The molecule has 0 rings (SSSR count). The van der Waals surface area contributed by atoms with E-state index < -0.39 is 5.97 Å². The maximum absolute atomic E-state index is 9.49. The van der Waals surface area contributed by atoms with Gasteiger partial charge in [0.2, 0.25) is 0 Å². The summed E-state index contributed by atoms with van der Waals surface area (Å²) in [6.07, 6.45) is 0. The molecule has 13 heavy (non-hydrogen) atoms. The van der Waals surface area contributed by atoms with Crippen molar-refractivity contribution < 1.29 is 9.90 Å². The minimum Gasteiger partial charge on any atom is -0.545 e. The zero-order chi connectivity index (χ0) is 11.1. The molecule has 0 aliphatic rings. The normalized spacial score (nSPS) is 9.92. The summed E-state index contributed by atoms with van der Waals surface area (Å²) in [5, 5.41) is 12.8. The Balaban J connectivity index is 0. The summed E-state index contributed by atoms with van der Waals surface area (Å²) in [7, 11) is 0. The lowest BCUT2D eigenvalue weighted by molar-refractivity contribution is -0.299. The van der Waals surface area contributed by atoms with Gasteiger partial charge < -0.3 is 15.2 Å². The molecule has 0 saturated heterocycles. The molecule has 0 saturated carbocycles. The third-order valence-corrected chi connectivity index (χ3v) is 1.06. The molecule has 1 N–H and O–H groups in total. The van der Waals surface area contributed by atoms with Gasteiger partial charge in [0.15, 0.2) is 0 Å². The van der Waals surface area contributed by atoms with Crippen molar-refractivity contribution in [3.63, 3.8) is 0 Å². The number of nitrogens with one attached hydrogen (secondary N) is 1. The Hall–Kier alpha value is -0.830. The molecule has 0 aromatic rings. The summed E-state index contributed by atoms with van der Waals surface area (Å²) in [5.41, 5.74) is 0.365. The second-order valence-corrected chi connectivity index (χ2v) is 3.85. The highest BCUT2D eigenvalue weighted by molar-refractivity contribution is 5.82. The molecular weight excluding hydrogens is 166 g/mol. The Morgan fingerprint density at radius 1 is 1.46 bits per heavy atom. The standard InChI is InChI=1S/C6H15N.C4H6O2/c1-5-7-6(2,3)4;1-3(2)4(5)6/h7H,5H2,1-4H3;1H2,2H3,(H,5,6)/p-1. The number of carbonyl (C=O) groups is 1. The molecule has 0 radical (unpaired) electrons. The van der Waals surface area contributed by atoms with E-state index in [1.54, 1.807) is 0 Å². The van der Waals surface area contributed by atoms with Crippen LogP contribution in [0.1, 0.15) is 34.6 Å². The molecule has 0 bridgehead atoms. The first-order valence-corrected chi connectivity index (χ1v) is 4.32. The molecule has 0 unspecified atom stereocenters. The van der Waals surface area contributed by atoms with Crippen molar-refractivity contribution in [2.24, 2.45) is 0 Å². The van der Waals surface area contributed by atoms with Crippen LogP contribution in [0.2, 0.25) is 0 Å². The van der Waals surface area contributed by atoms with Crippen molar-refractivity contribution >= 4 is 5.97 Å². The maximum atomic E-state index is 9.49. The van der Waals surface area contributed by atoms with E-state index in [0.29, 0.717) is 5.54 Å². The van der Waals surface area contributed by atoms with Crippen LogP contribution in [0, 0.1) is 0 Å². The summed E-state index contributed by atoms with van der Waals surface area (Å²) < 4.78 is 0. The van der Waals surface area contributed by atoms with Crippen LogP contribution in [0.5, 0.6) is 0 Å². The first-order valence-electron chi connectivity index (χ1n) is 4.32. The molecule has 0 aromatic carbocycles. The SMILES string of the molecule is C=C(C)C(=O)[O-].CCNC(C)(C)C. The van der Waals surface area contributed by atoms with Crippen LogP contribution in [-0.2, 0) is 4.79 Å². The lowest BCUT2D eigenvalue weighted by Gasteiger charge is -2.18. The predicted molar refractivity (Wildman–Crippen MR) is 53.3 cm³/mol. The average molecular weight is 186 g/mol. The lowest BCUT2D eigenvalue weighted by atomic mass is 10.1. The first-order chi connectivity index (χ1) is 5.70. The molecule has 78 valence electrons. The van der Waals surface area contributed by atoms with E-state index in [1.165, 1.54) is 6.92 Å². The molecule has 0 fully saturated rings. The van der Waals surface area contributed by atoms with Gasteiger partial charge in [0.1, 0.15) is 0 Å². The van der Waals surface area contributed by atoms with Crippen molar-refractivity contribution in [3.05, 3.63) is 12.2 Å². The van der Waals surface area contributed by atoms with Crippen molar-refractivity contribution in [2.75, 3.05) is 6.54 Å². The molecule has 0 aromatic heterocycles. The van der Waals surface area contributed by atoms with Crippen LogP contribution in [0.3, 0.4) is 0 Å². The van der Waals surface area contributed by atoms with E-state index in [9.17, 15) is 9.90 Å². The van der Waals surface area contributed by atoms with Crippen LogP contribution < -0.4 is 10.4 Å². The Morgan fingerprint density at radius 2 is 1.77 bits per heavy atom. The number of rotatable bonds is 2. The van der Waals surface area contributed by atoms with E-state index in [-0.39, 0.29) is 5.57 Å². The zero-order valence-corrected chi connectivity index (χ0v) is 9.23. The van der Waals surface area contributed by atoms with Gasteiger partial charge in [0.25, 0.3) is 0 Å². The van der Waals surface area contributed by atoms with Crippen molar-refractivity contribution in [2.45, 2.75) is 40.2 Å². The molecule has 0 spiro atoms. The predicted octanol–water partition coefficient (Wildman–Crippen LogP) is 0.707. The van der Waals surface area contributed by atoms with Gasteiger partial charge in [-0.1, -0.05) is 13.5 Å². The van der Waals surface area contributed by atoms with Gasteiger partial charge in [0, 0.05) is 5.54 Å². The van der Waals surface area contributed by atoms with E-state index in [2.05, 4.69) is 39.6 Å². The molecule has 0 heterocycles. The third kappa shape index (κ3) is 18.3. The highest BCUT2D eigenvalue weighted by atomic mass is 16.4. The van der Waals surface area contributed by atoms with Crippen LogP contribution >= 0.6 is 0 Å². The molecule has 0 aliphatic carbocycles. The minimum absolute atomic E-state index is 0.0648. The van der Waals surface area contributed by atoms with Crippen LogP contribution in [0.4, 0.5) is 0 Å². The number of carbonyl (C=O) groups excluding carboxylic acids is 1. The minimum atomic E-state index is -1.19. The smallest absolute Gasteiger partial charge is 0.0666 e. The topological polar surface area (TPSA) is 52.2 Å². The maximum Gasteiger partial charge on any atom is 0.0666 e. The quantitative estimate of drug-likeness (QED) is 0.646. The molecule has 0 aliphatic heterocycles. The highest BCUT2D eigenvalue weighted by Gasteiger charge is 2.04. The van der Waals surface area contributed by atoms with E-state index in [4.69, 9.17) is 0 Å².